The number of nitrogens with one attached hydrogen (secondary N) is 3. The molecular weight excluding hydrogens is 390 g/mol. The molecule has 1 saturated heterocycles. The minimum absolute atomic E-state index is 0.0708. The van der Waals surface area contributed by atoms with E-state index in [2.05, 4.69) is 15.4 Å². The average molecular weight is 416 g/mol. The van der Waals surface area contributed by atoms with Crippen LogP contribution in [0.1, 0.15) is 31.2 Å². The summed E-state index contributed by atoms with van der Waals surface area (Å²) in [7, 11) is -3.68. The molecule has 29 heavy (non-hydrogen) atoms. The summed E-state index contributed by atoms with van der Waals surface area (Å²) in [6, 6.07) is 13.0. The number of benzene rings is 2. The van der Waals surface area contributed by atoms with Crippen LogP contribution in [0, 0.1) is 12.8 Å². The number of carbonyl (C=O) groups is 2. The van der Waals surface area contributed by atoms with Gasteiger partial charge in [-0.05, 0) is 56.2 Å². The zero-order valence-electron chi connectivity index (χ0n) is 16.3. The maximum Gasteiger partial charge on any atom is 0.261 e. The fourth-order valence-corrected chi connectivity index (χ4v) is 4.25. The second-order valence-corrected chi connectivity index (χ2v) is 8.91. The monoisotopic (exact) mass is 415 g/mol. The normalized spacial score (nSPS) is 17.1. The van der Waals surface area contributed by atoms with Gasteiger partial charge in [0.05, 0.1) is 4.90 Å². The van der Waals surface area contributed by atoms with Crippen molar-refractivity contribution in [2.75, 3.05) is 16.6 Å². The van der Waals surface area contributed by atoms with Crippen LogP contribution >= 0.6 is 0 Å². The van der Waals surface area contributed by atoms with Crippen molar-refractivity contribution < 1.29 is 18.0 Å². The van der Waals surface area contributed by atoms with Gasteiger partial charge in [0.2, 0.25) is 11.8 Å². The quantitative estimate of drug-likeness (QED) is 0.674. The van der Waals surface area contributed by atoms with E-state index < -0.39 is 10.0 Å². The maximum absolute atomic E-state index is 12.4. The molecule has 0 spiro atoms. The van der Waals surface area contributed by atoms with E-state index in [-0.39, 0.29) is 29.0 Å². The van der Waals surface area contributed by atoms with Gasteiger partial charge in [-0.1, -0.05) is 24.1 Å². The summed E-state index contributed by atoms with van der Waals surface area (Å²) in [4.78, 5) is 24.4. The van der Waals surface area contributed by atoms with Crippen LogP contribution < -0.4 is 15.4 Å². The van der Waals surface area contributed by atoms with Crippen molar-refractivity contribution in [1.82, 2.24) is 5.32 Å². The molecule has 0 aliphatic carbocycles. The van der Waals surface area contributed by atoms with E-state index >= 15 is 0 Å². The first kappa shape index (κ1) is 20.9. The molecule has 3 rings (SSSR count). The van der Waals surface area contributed by atoms with Crippen LogP contribution in [0.5, 0.6) is 0 Å². The smallest absolute Gasteiger partial charge is 0.261 e. The standard InChI is InChI=1S/C21H25N3O4S/c1-15-5-11-19(12-6-15)29(27,28)24-18-9-7-17(8-10-18)23-20(25)14-16-4-2-3-13-22-21(16)26/h5-12,16,24H,2-4,13-14H2,1H3,(H,22,26)(H,23,25). The van der Waals surface area contributed by atoms with E-state index in [9.17, 15) is 18.0 Å². The molecular formula is C21H25N3O4S. The number of amides is 2. The molecule has 7 nitrogen and oxygen atoms in total. The van der Waals surface area contributed by atoms with E-state index in [4.69, 9.17) is 0 Å². The first-order valence-corrected chi connectivity index (χ1v) is 11.1. The number of sulfonamides is 1. The molecule has 0 saturated carbocycles. The van der Waals surface area contributed by atoms with E-state index in [0.717, 1.165) is 18.4 Å². The van der Waals surface area contributed by atoms with Gasteiger partial charge in [0, 0.05) is 30.3 Å². The topological polar surface area (TPSA) is 104 Å². The lowest BCUT2D eigenvalue weighted by atomic mass is 9.98. The predicted octanol–water partition coefficient (Wildman–Crippen LogP) is 3.04. The summed E-state index contributed by atoms with van der Waals surface area (Å²) in [6.45, 7) is 2.55. The van der Waals surface area contributed by atoms with Crippen molar-refractivity contribution >= 4 is 33.2 Å². The van der Waals surface area contributed by atoms with Crippen molar-refractivity contribution in [1.29, 1.82) is 0 Å². The highest BCUT2D eigenvalue weighted by Crippen LogP contribution is 2.20. The summed E-state index contributed by atoms with van der Waals surface area (Å²) in [5.41, 5.74) is 1.92. The van der Waals surface area contributed by atoms with Crippen LogP contribution in [0.4, 0.5) is 11.4 Å². The molecule has 2 amide bonds. The van der Waals surface area contributed by atoms with Crippen molar-refractivity contribution in [3.63, 3.8) is 0 Å². The first-order chi connectivity index (χ1) is 13.8. The number of carbonyl (C=O) groups excluding carboxylic acids is 2. The molecule has 1 fully saturated rings. The van der Waals surface area contributed by atoms with Crippen molar-refractivity contribution in [2.24, 2.45) is 5.92 Å². The number of hydrogen-bond donors (Lipinski definition) is 3. The van der Waals surface area contributed by atoms with E-state index in [1.165, 1.54) is 0 Å². The minimum Gasteiger partial charge on any atom is -0.356 e. The Hall–Kier alpha value is -2.87. The van der Waals surface area contributed by atoms with Crippen LogP contribution in [0.3, 0.4) is 0 Å². The second-order valence-electron chi connectivity index (χ2n) is 7.23. The number of rotatable bonds is 6. The minimum atomic E-state index is -3.68. The van der Waals surface area contributed by atoms with Gasteiger partial charge in [-0.3, -0.25) is 14.3 Å². The highest BCUT2D eigenvalue weighted by atomic mass is 32.2. The van der Waals surface area contributed by atoms with Gasteiger partial charge in [-0.25, -0.2) is 8.42 Å². The van der Waals surface area contributed by atoms with Crippen molar-refractivity contribution in [2.45, 2.75) is 37.5 Å². The Morgan fingerprint density at radius 3 is 2.38 bits per heavy atom. The largest absolute Gasteiger partial charge is 0.356 e. The zero-order chi connectivity index (χ0) is 20.9. The maximum atomic E-state index is 12.4. The van der Waals surface area contributed by atoms with E-state index in [1.54, 1.807) is 48.5 Å². The van der Waals surface area contributed by atoms with E-state index in [1.807, 2.05) is 6.92 Å². The van der Waals surface area contributed by atoms with Crippen LogP contribution in [-0.4, -0.2) is 26.8 Å². The van der Waals surface area contributed by atoms with Gasteiger partial charge in [-0.2, -0.15) is 0 Å². The Kier molecular flexibility index (Phi) is 6.53. The number of hydrogen-bond acceptors (Lipinski definition) is 4. The molecule has 2 aromatic rings. The second kappa shape index (κ2) is 9.09. The molecule has 1 aliphatic heterocycles. The Balaban J connectivity index is 1.59. The summed E-state index contributed by atoms with van der Waals surface area (Å²) in [6.07, 6.45) is 2.70. The molecule has 1 unspecified atom stereocenters. The lowest BCUT2D eigenvalue weighted by molar-refractivity contribution is -0.128. The molecule has 0 bridgehead atoms. The van der Waals surface area contributed by atoms with Crippen LogP contribution in [0.2, 0.25) is 0 Å². The molecule has 1 atom stereocenters. The summed E-state index contributed by atoms with van der Waals surface area (Å²) in [5.74, 6) is -0.614. The molecule has 1 heterocycles. The fourth-order valence-electron chi connectivity index (χ4n) is 3.19. The predicted molar refractivity (Wildman–Crippen MR) is 112 cm³/mol. The first-order valence-electron chi connectivity index (χ1n) is 9.60. The molecule has 0 radical (unpaired) electrons. The van der Waals surface area contributed by atoms with Gasteiger partial charge in [0.25, 0.3) is 10.0 Å². The Bertz CT molecular complexity index is 970. The third-order valence-corrected chi connectivity index (χ3v) is 6.23. The van der Waals surface area contributed by atoms with Crippen LogP contribution in [-0.2, 0) is 19.6 Å². The highest BCUT2D eigenvalue weighted by molar-refractivity contribution is 7.92. The lowest BCUT2D eigenvalue weighted by Crippen LogP contribution is -2.31. The summed E-state index contributed by atoms with van der Waals surface area (Å²) >= 11 is 0. The van der Waals surface area contributed by atoms with Gasteiger partial charge < -0.3 is 10.6 Å². The van der Waals surface area contributed by atoms with Crippen LogP contribution in [0.15, 0.2) is 53.4 Å². The molecule has 8 heteroatoms. The van der Waals surface area contributed by atoms with E-state index in [0.29, 0.717) is 24.3 Å². The molecule has 2 aromatic carbocycles. The van der Waals surface area contributed by atoms with Crippen molar-refractivity contribution in [3.8, 4) is 0 Å². The molecule has 1 aliphatic rings. The molecule has 0 aromatic heterocycles. The zero-order valence-corrected chi connectivity index (χ0v) is 17.1. The Labute approximate surface area is 171 Å². The Morgan fingerprint density at radius 2 is 1.69 bits per heavy atom. The fraction of sp³-hybridized carbons (Fsp3) is 0.333. The van der Waals surface area contributed by atoms with Gasteiger partial charge in [-0.15, -0.1) is 0 Å². The third kappa shape index (κ3) is 5.80. The molecule has 154 valence electrons. The Morgan fingerprint density at radius 1 is 1.03 bits per heavy atom. The third-order valence-electron chi connectivity index (χ3n) is 4.83. The van der Waals surface area contributed by atoms with Gasteiger partial charge in [0.15, 0.2) is 0 Å². The summed E-state index contributed by atoms with van der Waals surface area (Å²) < 4.78 is 27.4. The average Bonchev–Trinajstić information content (AvgIpc) is 2.88. The number of anilines is 2. The highest BCUT2D eigenvalue weighted by Gasteiger charge is 2.23. The lowest BCUT2D eigenvalue weighted by Gasteiger charge is -2.13. The van der Waals surface area contributed by atoms with Crippen molar-refractivity contribution in [3.05, 3.63) is 54.1 Å². The SMILES string of the molecule is Cc1ccc(S(=O)(=O)Nc2ccc(NC(=O)CC3CCCCNC3=O)cc2)cc1. The summed E-state index contributed by atoms with van der Waals surface area (Å²) in [5, 5.41) is 5.59. The van der Waals surface area contributed by atoms with Gasteiger partial charge >= 0.3 is 0 Å². The van der Waals surface area contributed by atoms with Gasteiger partial charge in [0.1, 0.15) is 0 Å². The van der Waals surface area contributed by atoms with Crippen LogP contribution in [0.25, 0.3) is 0 Å². The molecule has 3 N–H and O–H groups in total. The number of aryl methyl sites for hydroxylation is 1.